The van der Waals surface area contributed by atoms with Crippen LogP contribution >= 0.6 is 0 Å². The minimum atomic E-state index is 0.535. The van der Waals surface area contributed by atoms with E-state index in [0.29, 0.717) is 18.2 Å². The van der Waals surface area contributed by atoms with Gasteiger partial charge in [-0.3, -0.25) is 4.90 Å². The van der Waals surface area contributed by atoms with E-state index < -0.39 is 0 Å². The third-order valence-electron chi connectivity index (χ3n) is 3.60. The molecule has 3 nitrogen and oxygen atoms in total. The minimum Gasteiger partial charge on any atom is -0.375 e. The lowest BCUT2D eigenvalue weighted by molar-refractivity contribution is -0.0574. The second-order valence-corrected chi connectivity index (χ2v) is 4.59. The quantitative estimate of drug-likeness (QED) is 0.727. The van der Waals surface area contributed by atoms with Gasteiger partial charge in [0, 0.05) is 25.2 Å². The summed E-state index contributed by atoms with van der Waals surface area (Å²) in [6.45, 7) is 5.46. The van der Waals surface area contributed by atoms with Gasteiger partial charge in [-0.15, -0.1) is 0 Å². The number of nitrogens with one attached hydrogen (secondary N) is 1. The highest BCUT2D eigenvalue weighted by atomic mass is 16.5. The molecule has 0 amide bonds. The van der Waals surface area contributed by atoms with Crippen molar-refractivity contribution in [3.8, 4) is 0 Å². The molecule has 1 saturated carbocycles. The normalized spacial score (nSPS) is 35.6. The summed E-state index contributed by atoms with van der Waals surface area (Å²) in [5, 5.41) is 3.31. The molecule has 0 aromatic rings. The first-order valence-corrected chi connectivity index (χ1v) is 5.84. The Hall–Kier alpha value is -0.120. The van der Waals surface area contributed by atoms with E-state index in [2.05, 4.69) is 17.1 Å². The van der Waals surface area contributed by atoms with Gasteiger partial charge in [0.1, 0.15) is 0 Å². The highest BCUT2D eigenvalue weighted by molar-refractivity contribution is 4.90. The number of fused-ring (bicyclic) bond motifs is 1. The van der Waals surface area contributed by atoms with Gasteiger partial charge >= 0.3 is 0 Å². The van der Waals surface area contributed by atoms with Gasteiger partial charge in [0.2, 0.25) is 0 Å². The van der Waals surface area contributed by atoms with Crippen LogP contribution in [0.1, 0.15) is 26.2 Å². The maximum absolute atomic E-state index is 5.79. The number of ether oxygens (including phenoxy) is 1. The first kappa shape index (κ1) is 10.4. The number of likely N-dealkylation sites (N-methyl/N-ethyl adjacent to an activating group) is 1. The van der Waals surface area contributed by atoms with Crippen LogP contribution in [0, 0.1) is 0 Å². The largest absolute Gasteiger partial charge is 0.375 e. The van der Waals surface area contributed by atoms with Crippen molar-refractivity contribution in [2.75, 3.05) is 26.7 Å². The Morgan fingerprint density at radius 3 is 3.14 bits per heavy atom. The van der Waals surface area contributed by atoms with E-state index in [0.717, 1.165) is 13.2 Å². The van der Waals surface area contributed by atoms with Crippen LogP contribution in [0.25, 0.3) is 0 Å². The van der Waals surface area contributed by atoms with E-state index in [9.17, 15) is 0 Å². The van der Waals surface area contributed by atoms with Crippen molar-refractivity contribution >= 4 is 0 Å². The zero-order valence-electron chi connectivity index (χ0n) is 9.33. The maximum Gasteiger partial charge on any atom is 0.0730 e. The standard InChI is InChI=1S/C11H22N2O/c1-9(12-2)8-13-6-7-14-11-5-3-4-10(11)13/h9-12H,3-8H2,1-2H3. The fourth-order valence-corrected chi connectivity index (χ4v) is 2.68. The summed E-state index contributed by atoms with van der Waals surface area (Å²) >= 11 is 0. The molecular weight excluding hydrogens is 176 g/mol. The van der Waals surface area contributed by atoms with E-state index in [1.807, 2.05) is 7.05 Å². The van der Waals surface area contributed by atoms with Crippen LogP contribution in [0.3, 0.4) is 0 Å². The van der Waals surface area contributed by atoms with Gasteiger partial charge in [0.05, 0.1) is 12.7 Å². The summed E-state index contributed by atoms with van der Waals surface area (Å²) < 4.78 is 5.79. The fourth-order valence-electron chi connectivity index (χ4n) is 2.68. The first-order valence-electron chi connectivity index (χ1n) is 5.84. The van der Waals surface area contributed by atoms with Gasteiger partial charge in [-0.2, -0.15) is 0 Å². The van der Waals surface area contributed by atoms with Gasteiger partial charge in [-0.1, -0.05) is 0 Å². The molecule has 1 heterocycles. The Morgan fingerprint density at radius 1 is 1.50 bits per heavy atom. The third-order valence-corrected chi connectivity index (χ3v) is 3.60. The lowest BCUT2D eigenvalue weighted by atomic mass is 10.1. The van der Waals surface area contributed by atoms with Crippen molar-refractivity contribution < 1.29 is 4.74 Å². The molecule has 0 aromatic heterocycles. The van der Waals surface area contributed by atoms with E-state index in [4.69, 9.17) is 4.74 Å². The Bertz CT molecular complexity index is 186. The molecule has 2 aliphatic rings. The molecule has 1 aliphatic carbocycles. The predicted molar refractivity (Wildman–Crippen MR) is 57.5 cm³/mol. The number of nitrogens with zero attached hydrogens (tertiary/aromatic N) is 1. The molecule has 3 heteroatoms. The molecular formula is C11H22N2O. The number of hydrogen-bond acceptors (Lipinski definition) is 3. The molecule has 82 valence electrons. The second kappa shape index (κ2) is 4.60. The Morgan fingerprint density at radius 2 is 2.36 bits per heavy atom. The molecule has 0 spiro atoms. The molecule has 2 rings (SSSR count). The second-order valence-electron chi connectivity index (χ2n) is 4.59. The molecule has 14 heavy (non-hydrogen) atoms. The van der Waals surface area contributed by atoms with Crippen molar-refractivity contribution in [3.05, 3.63) is 0 Å². The third kappa shape index (κ3) is 2.10. The van der Waals surface area contributed by atoms with Crippen LogP contribution in [-0.4, -0.2) is 49.8 Å². The molecule has 0 aromatic carbocycles. The number of morpholine rings is 1. The summed E-state index contributed by atoms with van der Waals surface area (Å²) in [6, 6.07) is 1.30. The van der Waals surface area contributed by atoms with Crippen LogP contribution in [0.5, 0.6) is 0 Å². The van der Waals surface area contributed by atoms with Crippen LogP contribution in [-0.2, 0) is 4.74 Å². The topological polar surface area (TPSA) is 24.5 Å². The van der Waals surface area contributed by atoms with E-state index in [1.165, 1.54) is 25.8 Å². The Labute approximate surface area is 86.8 Å². The summed E-state index contributed by atoms with van der Waals surface area (Å²) in [6.07, 6.45) is 4.49. The Kier molecular flexibility index (Phi) is 3.42. The molecule has 1 saturated heterocycles. The summed E-state index contributed by atoms with van der Waals surface area (Å²) in [5.74, 6) is 0. The van der Waals surface area contributed by atoms with Crippen molar-refractivity contribution in [1.82, 2.24) is 10.2 Å². The summed E-state index contributed by atoms with van der Waals surface area (Å²) in [7, 11) is 2.04. The zero-order chi connectivity index (χ0) is 9.97. The van der Waals surface area contributed by atoms with Crippen LogP contribution in [0.2, 0.25) is 0 Å². The summed E-state index contributed by atoms with van der Waals surface area (Å²) in [5.41, 5.74) is 0. The van der Waals surface area contributed by atoms with Gasteiger partial charge < -0.3 is 10.1 Å². The number of rotatable bonds is 3. The SMILES string of the molecule is CNC(C)CN1CCOC2CCCC21. The maximum atomic E-state index is 5.79. The zero-order valence-corrected chi connectivity index (χ0v) is 9.33. The number of hydrogen-bond donors (Lipinski definition) is 1. The first-order chi connectivity index (χ1) is 6.81. The van der Waals surface area contributed by atoms with Crippen LogP contribution < -0.4 is 5.32 Å². The van der Waals surface area contributed by atoms with E-state index in [-0.39, 0.29) is 0 Å². The van der Waals surface area contributed by atoms with Gasteiger partial charge in [0.15, 0.2) is 0 Å². The molecule has 3 unspecified atom stereocenters. The average molecular weight is 198 g/mol. The van der Waals surface area contributed by atoms with Crippen molar-refractivity contribution in [1.29, 1.82) is 0 Å². The fraction of sp³-hybridized carbons (Fsp3) is 1.00. The smallest absolute Gasteiger partial charge is 0.0730 e. The molecule has 3 atom stereocenters. The van der Waals surface area contributed by atoms with Gasteiger partial charge in [0.25, 0.3) is 0 Å². The molecule has 0 bridgehead atoms. The summed E-state index contributed by atoms with van der Waals surface area (Å²) in [4.78, 5) is 2.61. The average Bonchev–Trinajstić information content (AvgIpc) is 2.66. The van der Waals surface area contributed by atoms with Gasteiger partial charge in [-0.05, 0) is 33.2 Å². The highest BCUT2D eigenvalue weighted by Crippen LogP contribution is 2.29. The monoisotopic (exact) mass is 198 g/mol. The minimum absolute atomic E-state index is 0.535. The van der Waals surface area contributed by atoms with Gasteiger partial charge in [-0.25, -0.2) is 0 Å². The van der Waals surface area contributed by atoms with Crippen LogP contribution in [0.15, 0.2) is 0 Å². The van der Waals surface area contributed by atoms with E-state index >= 15 is 0 Å². The Balaban J connectivity index is 1.90. The molecule has 0 radical (unpaired) electrons. The van der Waals surface area contributed by atoms with E-state index in [1.54, 1.807) is 0 Å². The van der Waals surface area contributed by atoms with Crippen molar-refractivity contribution in [2.45, 2.75) is 44.4 Å². The molecule has 1 aliphatic heterocycles. The lowest BCUT2D eigenvalue weighted by Gasteiger charge is -2.38. The highest BCUT2D eigenvalue weighted by Gasteiger charge is 2.35. The van der Waals surface area contributed by atoms with Crippen LogP contribution in [0.4, 0.5) is 0 Å². The molecule has 2 fully saturated rings. The lowest BCUT2D eigenvalue weighted by Crippen LogP contribution is -2.52. The molecule has 1 N–H and O–H groups in total. The predicted octanol–water partition coefficient (Wildman–Crippen LogP) is 0.848. The van der Waals surface area contributed by atoms with Crippen molar-refractivity contribution in [2.24, 2.45) is 0 Å². The van der Waals surface area contributed by atoms with Crippen molar-refractivity contribution in [3.63, 3.8) is 0 Å².